The average Bonchev–Trinajstić information content (AvgIpc) is 2.01. The Kier molecular flexibility index (Phi) is 5.41. The molecule has 0 aliphatic heterocycles. The van der Waals surface area contributed by atoms with E-state index >= 15 is 0 Å². The molecule has 0 heterocycles. The Labute approximate surface area is 92.3 Å². The summed E-state index contributed by atoms with van der Waals surface area (Å²) >= 11 is 5.57. The van der Waals surface area contributed by atoms with Crippen LogP contribution in [0.1, 0.15) is 34.1 Å². The molecule has 1 atom stereocenters. The molecular formula is C9H20ClNO2S. The number of sulfonamides is 1. The second kappa shape index (κ2) is 5.33. The van der Waals surface area contributed by atoms with Gasteiger partial charge < -0.3 is 0 Å². The van der Waals surface area contributed by atoms with Gasteiger partial charge in [-0.2, -0.15) is 0 Å². The summed E-state index contributed by atoms with van der Waals surface area (Å²) in [5.74, 6) is 0.453. The molecule has 0 aromatic rings. The van der Waals surface area contributed by atoms with Gasteiger partial charge in [0.2, 0.25) is 10.0 Å². The van der Waals surface area contributed by atoms with E-state index in [2.05, 4.69) is 4.72 Å². The van der Waals surface area contributed by atoms with Gasteiger partial charge in [-0.25, -0.2) is 13.1 Å². The van der Waals surface area contributed by atoms with E-state index in [1.54, 1.807) is 0 Å². The van der Waals surface area contributed by atoms with Crippen LogP contribution in [-0.2, 0) is 10.0 Å². The van der Waals surface area contributed by atoms with E-state index in [0.717, 1.165) is 6.42 Å². The van der Waals surface area contributed by atoms with Gasteiger partial charge in [0.1, 0.15) is 0 Å². The van der Waals surface area contributed by atoms with E-state index in [0.29, 0.717) is 5.88 Å². The first kappa shape index (κ1) is 14.2. The number of nitrogens with one attached hydrogen (secondary N) is 1. The van der Waals surface area contributed by atoms with E-state index in [4.69, 9.17) is 11.6 Å². The van der Waals surface area contributed by atoms with Crippen molar-refractivity contribution >= 4 is 21.6 Å². The molecule has 0 amide bonds. The SMILES string of the molecule is CCC(C)(C)NS(=O)(=O)CC(C)CCl. The molecule has 3 nitrogen and oxygen atoms in total. The van der Waals surface area contributed by atoms with Crippen LogP contribution in [0.25, 0.3) is 0 Å². The molecule has 0 radical (unpaired) electrons. The molecule has 0 aliphatic rings. The minimum atomic E-state index is -3.20. The van der Waals surface area contributed by atoms with E-state index in [-0.39, 0.29) is 17.2 Å². The van der Waals surface area contributed by atoms with Gasteiger partial charge in [0.05, 0.1) is 5.75 Å². The molecule has 0 aliphatic carbocycles. The van der Waals surface area contributed by atoms with Crippen LogP contribution in [0, 0.1) is 5.92 Å². The summed E-state index contributed by atoms with van der Waals surface area (Å²) in [6, 6.07) is 0. The summed E-state index contributed by atoms with van der Waals surface area (Å²) < 4.78 is 25.9. The lowest BCUT2D eigenvalue weighted by molar-refractivity contribution is 0.437. The highest BCUT2D eigenvalue weighted by molar-refractivity contribution is 7.89. The average molecular weight is 242 g/mol. The molecule has 14 heavy (non-hydrogen) atoms. The third-order valence-corrected chi connectivity index (χ3v) is 4.48. The van der Waals surface area contributed by atoms with Gasteiger partial charge in [-0.1, -0.05) is 13.8 Å². The second-order valence-electron chi connectivity index (χ2n) is 4.38. The molecule has 0 saturated carbocycles. The molecule has 1 unspecified atom stereocenters. The fraction of sp³-hybridized carbons (Fsp3) is 1.00. The molecule has 0 rings (SSSR count). The maximum absolute atomic E-state index is 11.6. The number of hydrogen-bond acceptors (Lipinski definition) is 2. The Hall–Kier alpha value is 0.200. The summed E-state index contributed by atoms with van der Waals surface area (Å²) in [5, 5.41) is 0. The summed E-state index contributed by atoms with van der Waals surface area (Å²) in [7, 11) is -3.20. The molecule has 0 fully saturated rings. The number of alkyl halides is 1. The van der Waals surface area contributed by atoms with Gasteiger partial charge in [-0.3, -0.25) is 0 Å². The molecule has 0 bridgehead atoms. The van der Waals surface area contributed by atoms with Crippen LogP contribution >= 0.6 is 11.6 Å². The predicted molar refractivity (Wildman–Crippen MR) is 61.2 cm³/mol. The predicted octanol–water partition coefficient (Wildman–Crippen LogP) is 1.97. The summed E-state index contributed by atoms with van der Waals surface area (Å²) in [4.78, 5) is 0. The molecule has 0 aromatic carbocycles. The Balaban J connectivity index is 4.36. The van der Waals surface area contributed by atoms with Crippen molar-refractivity contribution in [2.45, 2.75) is 39.7 Å². The maximum Gasteiger partial charge on any atom is 0.212 e. The van der Waals surface area contributed by atoms with E-state index < -0.39 is 10.0 Å². The lowest BCUT2D eigenvalue weighted by Gasteiger charge is -2.24. The van der Waals surface area contributed by atoms with Crippen LogP contribution in [0.15, 0.2) is 0 Å². The number of halogens is 1. The van der Waals surface area contributed by atoms with E-state index in [1.165, 1.54) is 0 Å². The smallest absolute Gasteiger partial charge is 0.212 e. The second-order valence-corrected chi connectivity index (χ2v) is 6.46. The highest BCUT2D eigenvalue weighted by Crippen LogP contribution is 2.11. The Bertz CT molecular complexity index is 262. The topological polar surface area (TPSA) is 46.2 Å². The lowest BCUT2D eigenvalue weighted by Crippen LogP contribution is -2.44. The van der Waals surface area contributed by atoms with Crippen LogP contribution in [0.3, 0.4) is 0 Å². The Morgan fingerprint density at radius 3 is 2.29 bits per heavy atom. The van der Waals surface area contributed by atoms with Crippen LogP contribution in [0.4, 0.5) is 0 Å². The van der Waals surface area contributed by atoms with Gasteiger partial charge in [-0.15, -0.1) is 11.6 Å². The van der Waals surface area contributed by atoms with Gasteiger partial charge in [0.15, 0.2) is 0 Å². The minimum Gasteiger partial charge on any atom is -0.212 e. The Morgan fingerprint density at radius 2 is 1.93 bits per heavy atom. The summed E-state index contributed by atoms with van der Waals surface area (Å²) in [5.41, 5.74) is -0.370. The van der Waals surface area contributed by atoms with Crippen molar-refractivity contribution in [2.24, 2.45) is 5.92 Å². The summed E-state index contributed by atoms with van der Waals surface area (Å²) in [6.07, 6.45) is 0.765. The number of hydrogen-bond donors (Lipinski definition) is 1. The van der Waals surface area contributed by atoms with Gasteiger partial charge in [0.25, 0.3) is 0 Å². The van der Waals surface area contributed by atoms with Crippen molar-refractivity contribution in [3.8, 4) is 0 Å². The van der Waals surface area contributed by atoms with Crippen LogP contribution < -0.4 is 4.72 Å². The molecule has 0 saturated heterocycles. The monoisotopic (exact) mass is 241 g/mol. The van der Waals surface area contributed by atoms with Gasteiger partial charge in [0, 0.05) is 11.4 Å². The van der Waals surface area contributed by atoms with Gasteiger partial charge in [-0.05, 0) is 26.2 Å². The van der Waals surface area contributed by atoms with Crippen LogP contribution in [0.2, 0.25) is 0 Å². The fourth-order valence-corrected chi connectivity index (χ4v) is 3.13. The molecule has 0 spiro atoms. The highest BCUT2D eigenvalue weighted by Gasteiger charge is 2.24. The minimum absolute atomic E-state index is 0.0122. The van der Waals surface area contributed by atoms with E-state index in [1.807, 2.05) is 27.7 Å². The zero-order valence-corrected chi connectivity index (χ0v) is 10.9. The standard InChI is InChI=1S/C9H20ClNO2S/c1-5-9(3,4)11-14(12,13)7-8(2)6-10/h8,11H,5-7H2,1-4H3. The van der Waals surface area contributed by atoms with Crippen molar-refractivity contribution in [2.75, 3.05) is 11.6 Å². The van der Waals surface area contributed by atoms with Crippen molar-refractivity contribution in [1.29, 1.82) is 0 Å². The Morgan fingerprint density at radius 1 is 1.43 bits per heavy atom. The van der Waals surface area contributed by atoms with Gasteiger partial charge >= 0.3 is 0 Å². The van der Waals surface area contributed by atoms with Crippen molar-refractivity contribution in [1.82, 2.24) is 4.72 Å². The molecule has 86 valence electrons. The van der Waals surface area contributed by atoms with Crippen molar-refractivity contribution in [3.05, 3.63) is 0 Å². The molecular weight excluding hydrogens is 222 g/mol. The maximum atomic E-state index is 11.6. The molecule has 0 aromatic heterocycles. The zero-order chi connectivity index (χ0) is 11.4. The zero-order valence-electron chi connectivity index (χ0n) is 9.30. The van der Waals surface area contributed by atoms with Crippen molar-refractivity contribution in [3.63, 3.8) is 0 Å². The summed E-state index contributed by atoms with van der Waals surface area (Å²) in [6.45, 7) is 7.52. The highest BCUT2D eigenvalue weighted by atomic mass is 35.5. The quantitative estimate of drug-likeness (QED) is 0.723. The van der Waals surface area contributed by atoms with Crippen molar-refractivity contribution < 1.29 is 8.42 Å². The first-order valence-electron chi connectivity index (χ1n) is 4.80. The largest absolute Gasteiger partial charge is 0.212 e. The first-order valence-corrected chi connectivity index (χ1v) is 6.98. The van der Waals surface area contributed by atoms with Crippen LogP contribution in [0.5, 0.6) is 0 Å². The molecule has 5 heteroatoms. The van der Waals surface area contributed by atoms with E-state index in [9.17, 15) is 8.42 Å². The number of rotatable bonds is 6. The molecule has 1 N–H and O–H groups in total. The first-order chi connectivity index (χ1) is 6.22. The lowest BCUT2D eigenvalue weighted by atomic mass is 10.0. The van der Waals surface area contributed by atoms with Crippen LogP contribution in [-0.4, -0.2) is 25.6 Å². The fourth-order valence-electron chi connectivity index (χ4n) is 0.954. The third-order valence-electron chi connectivity index (χ3n) is 2.08. The normalized spacial score (nSPS) is 15.5. The third kappa shape index (κ3) is 5.83.